The molecule has 0 saturated carbocycles. The Labute approximate surface area is 93.2 Å². The van der Waals surface area contributed by atoms with Gasteiger partial charge in [0.25, 0.3) is 0 Å². The van der Waals surface area contributed by atoms with Crippen molar-refractivity contribution in [3.63, 3.8) is 0 Å². The third-order valence-corrected chi connectivity index (χ3v) is 2.47. The topological polar surface area (TPSA) is 55.1 Å². The molecule has 0 aliphatic carbocycles. The van der Waals surface area contributed by atoms with Gasteiger partial charge in [0.1, 0.15) is 5.82 Å². The van der Waals surface area contributed by atoms with Crippen LogP contribution in [0.3, 0.4) is 0 Å². The molecule has 0 aliphatic rings. The fraction of sp³-hybridized carbons (Fsp3) is 0.167. The van der Waals surface area contributed by atoms with Crippen molar-refractivity contribution in [2.45, 2.75) is 13.8 Å². The Kier molecular flexibility index (Phi) is 2.48. The van der Waals surface area contributed by atoms with E-state index in [2.05, 4.69) is 4.98 Å². The Morgan fingerprint density at radius 1 is 1.38 bits per heavy atom. The number of carboxylic acids is 1. The Morgan fingerprint density at radius 3 is 2.69 bits per heavy atom. The van der Waals surface area contributed by atoms with Gasteiger partial charge in [-0.2, -0.15) is 0 Å². The molecule has 2 rings (SSSR count). The minimum atomic E-state index is -0.924. The van der Waals surface area contributed by atoms with Gasteiger partial charge in [0.15, 0.2) is 0 Å². The maximum Gasteiger partial charge on any atom is 0.337 e. The standard InChI is InChI=1S/C12H12N2O2/c1-8-3-4-11(10(7-8)12(15)16)14-6-5-13-9(14)2/h3-7H,1-2H3,(H,15,16). The van der Waals surface area contributed by atoms with Crippen molar-refractivity contribution in [2.24, 2.45) is 0 Å². The molecule has 1 aromatic heterocycles. The van der Waals surface area contributed by atoms with Crippen LogP contribution in [0.25, 0.3) is 5.69 Å². The molecule has 0 bridgehead atoms. The van der Waals surface area contributed by atoms with E-state index in [0.717, 1.165) is 11.4 Å². The summed E-state index contributed by atoms with van der Waals surface area (Å²) in [6.07, 6.45) is 3.41. The summed E-state index contributed by atoms with van der Waals surface area (Å²) in [5.41, 5.74) is 1.87. The predicted molar refractivity (Wildman–Crippen MR) is 60.0 cm³/mol. The number of nitrogens with zero attached hydrogens (tertiary/aromatic N) is 2. The lowest BCUT2D eigenvalue weighted by Crippen LogP contribution is -2.06. The van der Waals surface area contributed by atoms with Crippen LogP contribution in [0.4, 0.5) is 0 Å². The van der Waals surface area contributed by atoms with Crippen LogP contribution >= 0.6 is 0 Å². The first-order valence-corrected chi connectivity index (χ1v) is 4.94. The highest BCUT2D eigenvalue weighted by molar-refractivity contribution is 5.92. The molecule has 82 valence electrons. The van der Waals surface area contributed by atoms with Crippen LogP contribution in [0.1, 0.15) is 21.7 Å². The monoisotopic (exact) mass is 216 g/mol. The van der Waals surface area contributed by atoms with Crippen LogP contribution in [0.2, 0.25) is 0 Å². The van der Waals surface area contributed by atoms with E-state index in [-0.39, 0.29) is 0 Å². The molecule has 0 saturated heterocycles. The van der Waals surface area contributed by atoms with Crippen molar-refractivity contribution in [1.29, 1.82) is 0 Å². The third-order valence-electron chi connectivity index (χ3n) is 2.47. The van der Waals surface area contributed by atoms with E-state index in [1.807, 2.05) is 19.9 Å². The summed E-state index contributed by atoms with van der Waals surface area (Å²) in [7, 11) is 0. The van der Waals surface area contributed by atoms with E-state index in [1.54, 1.807) is 29.1 Å². The Morgan fingerprint density at radius 2 is 2.12 bits per heavy atom. The second-order valence-corrected chi connectivity index (χ2v) is 3.67. The quantitative estimate of drug-likeness (QED) is 0.837. The maximum atomic E-state index is 11.1. The van der Waals surface area contributed by atoms with Gasteiger partial charge in [-0.1, -0.05) is 11.6 Å². The first-order chi connectivity index (χ1) is 7.59. The minimum Gasteiger partial charge on any atom is -0.478 e. The van der Waals surface area contributed by atoms with Crippen molar-refractivity contribution in [3.05, 3.63) is 47.5 Å². The highest BCUT2D eigenvalue weighted by Gasteiger charge is 2.12. The molecule has 4 nitrogen and oxygen atoms in total. The summed E-state index contributed by atoms with van der Waals surface area (Å²) in [6, 6.07) is 5.35. The molecule has 0 atom stereocenters. The van der Waals surface area contributed by atoms with Gasteiger partial charge in [-0.25, -0.2) is 9.78 Å². The van der Waals surface area contributed by atoms with E-state index in [4.69, 9.17) is 5.11 Å². The molecular formula is C12H12N2O2. The maximum absolute atomic E-state index is 11.1. The SMILES string of the molecule is Cc1ccc(-n2ccnc2C)c(C(=O)O)c1. The van der Waals surface area contributed by atoms with Gasteiger partial charge in [0.2, 0.25) is 0 Å². The molecule has 1 N–H and O–H groups in total. The lowest BCUT2D eigenvalue weighted by molar-refractivity contribution is 0.0697. The zero-order chi connectivity index (χ0) is 11.7. The molecule has 0 unspecified atom stereocenters. The summed E-state index contributed by atoms with van der Waals surface area (Å²) in [4.78, 5) is 15.2. The highest BCUT2D eigenvalue weighted by Crippen LogP contribution is 2.17. The van der Waals surface area contributed by atoms with E-state index < -0.39 is 5.97 Å². The number of carbonyl (C=O) groups is 1. The van der Waals surface area contributed by atoms with Gasteiger partial charge in [-0.05, 0) is 26.0 Å². The molecule has 4 heteroatoms. The molecule has 0 spiro atoms. The number of benzene rings is 1. The van der Waals surface area contributed by atoms with Crippen molar-refractivity contribution in [2.75, 3.05) is 0 Å². The summed E-state index contributed by atoms with van der Waals surface area (Å²) >= 11 is 0. The number of aromatic nitrogens is 2. The highest BCUT2D eigenvalue weighted by atomic mass is 16.4. The van der Waals surface area contributed by atoms with Gasteiger partial charge in [-0.3, -0.25) is 0 Å². The van der Waals surface area contributed by atoms with Crippen molar-refractivity contribution in [3.8, 4) is 5.69 Å². The van der Waals surface area contributed by atoms with Gasteiger partial charge >= 0.3 is 5.97 Å². The van der Waals surface area contributed by atoms with E-state index in [1.165, 1.54) is 0 Å². The second-order valence-electron chi connectivity index (χ2n) is 3.67. The average molecular weight is 216 g/mol. The van der Waals surface area contributed by atoms with E-state index >= 15 is 0 Å². The summed E-state index contributed by atoms with van der Waals surface area (Å²) in [5, 5.41) is 9.15. The van der Waals surface area contributed by atoms with Crippen molar-refractivity contribution in [1.82, 2.24) is 9.55 Å². The number of rotatable bonds is 2. The molecule has 16 heavy (non-hydrogen) atoms. The molecule has 0 radical (unpaired) electrons. The molecule has 2 aromatic rings. The van der Waals surface area contributed by atoms with Crippen LogP contribution in [-0.4, -0.2) is 20.6 Å². The lowest BCUT2D eigenvalue weighted by Gasteiger charge is -2.09. The number of carboxylic acid groups (broad SMARTS) is 1. The predicted octanol–water partition coefficient (Wildman–Crippen LogP) is 2.19. The zero-order valence-corrected chi connectivity index (χ0v) is 9.14. The first kappa shape index (κ1) is 10.4. The number of hydrogen-bond donors (Lipinski definition) is 1. The molecule has 1 aromatic carbocycles. The second kappa shape index (κ2) is 3.81. The van der Waals surface area contributed by atoms with Crippen molar-refractivity contribution < 1.29 is 9.90 Å². The number of aryl methyl sites for hydroxylation is 2. The van der Waals surface area contributed by atoms with Crippen molar-refractivity contribution >= 4 is 5.97 Å². The summed E-state index contributed by atoms with van der Waals surface area (Å²) < 4.78 is 1.77. The van der Waals surface area contributed by atoms with Crippen LogP contribution in [0.5, 0.6) is 0 Å². The van der Waals surface area contributed by atoms with Gasteiger partial charge in [0.05, 0.1) is 11.3 Å². The molecule has 0 amide bonds. The van der Waals surface area contributed by atoms with Gasteiger partial charge in [-0.15, -0.1) is 0 Å². The lowest BCUT2D eigenvalue weighted by atomic mass is 10.1. The van der Waals surface area contributed by atoms with E-state index in [9.17, 15) is 4.79 Å². The van der Waals surface area contributed by atoms with Gasteiger partial charge < -0.3 is 9.67 Å². The van der Waals surface area contributed by atoms with E-state index in [0.29, 0.717) is 11.3 Å². The van der Waals surface area contributed by atoms with Gasteiger partial charge in [0, 0.05) is 12.4 Å². The minimum absolute atomic E-state index is 0.293. The average Bonchev–Trinajstić information content (AvgIpc) is 2.64. The fourth-order valence-electron chi connectivity index (χ4n) is 1.66. The molecule has 0 fully saturated rings. The number of hydrogen-bond acceptors (Lipinski definition) is 2. The first-order valence-electron chi connectivity index (χ1n) is 4.94. The van der Waals surface area contributed by atoms with Crippen LogP contribution in [0.15, 0.2) is 30.6 Å². The smallest absolute Gasteiger partial charge is 0.337 e. The van der Waals surface area contributed by atoms with Crippen LogP contribution in [-0.2, 0) is 0 Å². The fourth-order valence-corrected chi connectivity index (χ4v) is 1.66. The number of aromatic carboxylic acids is 1. The zero-order valence-electron chi connectivity index (χ0n) is 9.14. The number of imidazole rings is 1. The molecule has 0 aliphatic heterocycles. The Bertz CT molecular complexity index is 544. The third kappa shape index (κ3) is 1.69. The normalized spacial score (nSPS) is 10.4. The Hall–Kier alpha value is -2.10. The van der Waals surface area contributed by atoms with Crippen LogP contribution < -0.4 is 0 Å². The Balaban J connectivity index is 2.65. The largest absolute Gasteiger partial charge is 0.478 e. The molecular weight excluding hydrogens is 204 g/mol. The summed E-state index contributed by atoms with van der Waals surface area (Å²) in [6.45, 7) is 3.71. The summed E-state index contributed by atoms with van der Waals surface area (Å²) in [5.74, 6) is -0.154. The van der Waals surface area contributed by atoms with Crippen LogP contribution in [0, 0.1) is 13.8 Å². The molecule has 1 heterocycles.